The molecule has 2 nitrogen and oxygen atoms in total. The van der Waals surface area contributed by atoms with Gasteiger partial charge in [0.1, 0.15) is 5.75 Å². The molecule has 0 amide bonds. The fourth-order valence-electron chi connectivity index (χ4n) is 2.05. The van der Waals surface area contributed by atoms with E-state index in [4.69, 9.17) is 10.5 Å². The second-order valence-corrected chi connectivity index (χ2v) is 7.45. The topological polar surface area (TPSA) is 35.2 Å². The average Bonchev–Trinajstić information content (AvgIpc) is 2.38. The molecule has 0 aliphatic rings. The first-order chi connectivity index (χ1) is 9.24. The van der Waals surface area contributed by atoms with E-state index in [0.29, 0.717) is 0 Å². The number of unbranched alkanes of at least 4 members (excludes halogenated alkanes) is 1. The lowest BCUT2D eigenvalue weighted by Crippen LogP contribution is -2.23. The largest absolute Gasteiger partial charge is 0.494 e. The third kappa shape index (κ3) is 5.96. The maximum atomic E-state index is 5.79. The van der Waals surface area contributed by atoms with Gasteiger partial charge in [-0.15, -0.1) is 0 Å². The summed E-state index contributed by atoms with van der Waals surface area (Å²) in [5, 5.41) is 0. The minimum Gasteiger partial charge on any atom is -0.494 e. The van der Waals surface area contributed by atoms with Gasteiger partial charge in [0.2, 0.25) is 0 Å². The van der Waals surface area contributed by atoms with Crippen LogP contribution in [0, 0.1) is 5.41 Å². The van der Waals surface area contributed by atoms with Crippen molar-refractivity contribution in [1.29, 1.82) is 0 Å². The molecule has 1 rings (SSSR count). The zero-order valence-corrected chi connectivity index (χ0v) is 13.8. The molecule has 0 saturated heterocycles. The number of hydrogen-bond acceptors (Lipinski definition) is 2. The highest BCUT2D eigenvalue weighted by atomic mass is 16.5. The van der Waals surface area contributed by atoms with Gasteiger partial charge in [-0.2, -0.15) is 0 Å². The summed E-state index contributed by atoms with van der Waals surface area (Å²) in [7, 11) is 0. The Kier molecular flexibility index (Phi) is 6.07. The Bertz CT molecular complexity index is 387. The highest BCUT2D eigenvalue weighted by Gasteiger charge is 2.14. The first-order valence-corrected chi connectivity index (χ1v) is 7.68. The van der Waals surface area contributed by atoms with E-state index in [1.165, 1.54) is 12.0 Å². The van der Waals surface area contributed by atoms with E-state index in [1.807, 2.05) is 0 Å². The third-order valence-electron chi connectivity index (χ3n) is 3.79. The molecule has 0 fully saturated rings. The third-order valence-corrected chi connectivity index (χ3v) is 3.79. The van der Waals surface area contributed by atoms with E-state index in [-0.39, 0.29) is 10.8 Å². The molecular weight excluding hydrogens is 246 g/mol. The molecule has 0 radical (unpaired) electrons. The molecule has 1 aromatic rings. The van der Waals surface area contributed by atoms with Crippen molar-refractivity contribution in [3.05, 3.63) is 29.8 Å². The van der Waals surface area contributed by atoms with Gasteiger partial charge in [-0.1, -0.05) is 46.8 Å². The van der Waals surface area contributed by atoms with Crippen LogP contribution in [0.25, 0.3) is 0 Å². The lowest BCUT2D eigenvalue weighted by atomic mass is 9.87. The SMILES string of the molecule is CC(C)(CN)CCCCOc1ccc(C(C)(C)C)cc1. The van der Waals surface area contributed by atoms with E-state index < -0.39 is 0 Å². The van der Waals surface area contributed by atoms with Crippen molar-refractivity contribution in [2.75, 3.05) is 13.2 Å². The van der Waals surface area contributed by atoms with Crippen molar-refractivity contribution < 1.29 is 4.74 Å². The van der Waals surface area contributed by atoms with Gasteiger partial charge in [-0.05, 0) is 54.3 Å². The molecule has 0 saturated carbocycles. The lowest BCUT2D eigenvalue weighted by Gasteiger charge is -2.22. The Labute approximate surface area is 124 Å². The molecule has 0 spiro atoms. The lowest BCUT2D eigenvalue weighted by molar-refractivity contribution is 0.278. The number of benzene rings is 1. The summed E-state index contributed by atoms with van der Waals surface area (Å²) in [5.41, 5.74) is 7.53. The number of rotatable bonds is 7. The summed E-state index contributed by atoms with van der Waals surface area (Å²) in [4.78, 5) is 0. The summed E-state index contributed by atoms with van der Waals surface area (Å²) in [6.07, 6.45) is 3.42. The second kappa shape index (κ2) is 7.12. The highest BCUT2D eigenvalue weighted by Crippen LogP contribution is 2.25. The van der Waals surface area contributed by atoms with Crippen LogP contribution in [0.1, 0.15) is 59.4 Å². The minimum absolute atomic E-state index is 0.201. The molecule has 0 heterocycles. The Hall–Kier alpha value is -1.02. The van der Waals surface area contributed by atoms with Gasteiger partial charge < -0.3 is 10.5 Å². The zero-order chi connectivity index (χ0) is 15.2. The number of ether oxygens (including phenoxy) is 1. The summed E-state index contributed by atoms with van der Waals surface area (Å²) in [6.45, 7) is 12.7. The van der Waals surface area contributed by atoms with E-state index in [0.717, 1.165) is 31.7 Å². The van der Waals surface area contributed by atoms with Crippen LogP contribution < -0.4 is 10.5 Å². The van der Waals surface area contributed by atoms with Gasteiger partial charge >= 0.3 is 0 Å². The van der Waals surface area contributed by atoms with E-state index in [2.05, 4.69) is 58.9 Å². The van der Waals surface area contributed by atoms with Crippen molar-refractivity contribution >= 4 is 0 Å². The summed E-state index contributed by atoms with van der Waals surface area (Å²) < 4.78 is 5.79. The molecule has 0 atom stereocenters. The molecule has 0 aliphatic heterocycles. The number of hydrogen-bond donors (Lipinski definition) is 1. The van der Waals surface area contributed by atoms with E-state index in [9.17, 15) is 0 Å². The van der Waals surface area contributed by atoms with E-state index in [1.54, 1.807) is 0 Å². The minimum atomic E-state index is 0.201. The van der Waals surface area contributed by atoms with Gasteiger partial charge in [-0.3, -0.25) is 0 Å². The van der Waals surface area contributed by atoms with Crippen LogP contribution in [0.4, 0.5) is 0 Å². The predicted molar refractivity (Wildman–Crippen MR) is 87.3 cm³/mol. The van der Waals surface area contributed by atoms with Gasteiger partial charge in [0, 0.05) is 0 Å². The Balaban J connectivity index is 2.29. The molecule has 1 aromatic carbocycles. The van der Waals surface area contributed by atoms with Gasteiger partial charge in [0.15, 0.2) is 0 Å². The maximum absolute atomic E-state index is 5.79. The molecule has 20 heavy (non-hydrogen) atoms. The monoisotopic (exact) mass is 277 g/mol. The van der Waals surface area contributed by atoms with Crippen molar-refractivity contribution in [2.45, 2.75) is 59.3 Å². The molecule has 2 heteroatoms. The van der Waals surface area contributed by atoms with Crippen LogP contribution in [0.2, 0.25) is 0 Å². The van der Waals surface area contributed by atoms with Gasteiger partial charge in [-0.25, -0.2) is 0 Å². The molecule has 0 bridgehead atoms. The molecule has 0 unspecified atom stereocenters. The van der Waals surface area contributed by atoms with E-state index >= 15 is 0 Å². The fraction of sp³-hybridized carbons (Fsp3) is 0.667. The maximum Gasteiger partial charge on any atom is 0.119 e. The zero-order valence-electron chi connectivity index (χ0n) is 13.8. The Morgan fingerprint density at radius 3 is 2.05 bits per heavy atom. The predicted octanol–water partition coefficient (Wildman–Crippen LogP) is 4.52. The molecule has 2 N–H and O–H groups in total. The van der Waals surface area contributed by atoms with Crippen molar-refractivity contribution in [3.63, 3.8) is 0 Å². The molecule has 114 valence electrons. The van der Waals surface area contributed by atoms with Crippen molar-refractivity contribution in [3.8, 4) is 5.75 Å². The van der Waals surface area contributed by atoms with Crippen LogP contribution in [-0.2, 0) is 5.41 Å². The molecule has 0 aromatic heterocycles. The van der Waals surface area contributed by atoms with Crippen LogP contribution in [0.3, 0.4) is 0 Å². The van der Waals surface area contributed by atoms with Crippen LogP contribution in [0.15, 0.2) is 24.3 Å². The van der Waals surface area contributed by atoms with Gasteiger partial charge in [0.25, 0.3) is 0 Å². The Morgan fingerprint density at radius 2 is 1.55 bits per heavy atom. The van der Waals surface area contributed by atoms with Crippen LogP contribution in [0.5, 0.6) is 5.75 Å². The number of nitrogens with two attached hydrogens (primary N) is 1. The first kappa shape index (κ1) is 17.0. The summed E-state index contributed by atoms with van der Waals surface area (Å²) in [5.74, 6) is 0.969. The quantitative estimate of drug-likeness (QED) is 0.744. The summed E-state index contributed by atoms with van der Waals surface area (Å²) >= 11 is 0. The Morgan fingerprint density at radius 1 is 0.950 bits per heavy atom. The van der Waals surface area contributed by atoms with Crippen molar-refractivity contribution in [1.82, 2.24) is 0 Å². The second-order valence-electron chi connectivity index (χ2n) is 7.45. The van der Waals surface area contributed by atoms with Crippen molar-refractivity contribution in [2.24, 2.45) is 11.1 Å². The fourth-order valence-corrected chi connectivity index (χ4v) is 2.05. The average molecular weight is 277 g/mol. The smallest absolute Gasteiger partial charge is 0.119 e. The highest BCUT2D eigenvalue weighted by molar-refractivity contribution is 5.31. The first-order valence-electron chi connectivity index (χ1n) is 7.68. The summed E-state index contributed by atoms with van der Waals surface area (Å²) in [6, 6.07) is 8.47. The standard InChI is InChI=1S/C18H31NO/c1-17(2,3)15-8-10-16(11-9-15)20-13-7-6-12-18(4,5)14-19/h8-11H,6-7,12-14,19H2,1-5H3. The van der Waals surface area contributed by atoms with Crippen LogP contribution in [-0.4, -0.2) is 13.2 Å². The van der Waals surface area contributed by atoms with Gasteiger partial charge in [0.05, 0.1) is 6.61 Å². The van der Waals surface area contributed by atoms with Crippen LogP contribution >= 0.6 is 0 Å². The molecule has 0 aliphatic carbocycles. The molecular formula is C18H31NO. The normalized spacial score (nSPS) is 12.5.